The van der Waals surface area contributed by atoms with Gasteiger partial charge in [0.1, 0.15) is 5.76 Å². The average molecular weight is 245 g/mol. The maximum absolute atomic E-state index is 5.75. The topological polar surface area (TPSA) is 34.4 Å². The van der Waals surface area contributed by atoms with E-state index in [0.29, 0.717) is 6.61 Å². The first-order valence-electron chi connectivity index (χ1n) is 6.23. The van der Waals surface area contributed by atoms with E-state index < -0.39 is 0 Å². The Kier molecular flexibility index (Phi) is 5.00. The molecule has 0 radical (unpaired) electrons. The maximum Gasteiger partial charge on any atom is 0.117 e. The lowest BCUT2D eigenvalue weighted by Gasteiger charge is -2.13. The zero-order valence-corrected chi connectivity index (χ0v) is 10.6. The molecule has 96 valence electrons. The molecule has 0 saturated heterocycles. The molecule has 18 heavy (non-hydrogen) atoms. The van der Waals surface area contributed by atoms with Crippen molar-refractivity contribution < 1.29 is 9.15 Å². The van der Waals surface area contributed by atoms with E-state index in [1.807, 2.05) is 30.3 Å². The number of rotatable bonds is 7. The van der Waals surface area contributed by atoms with Crippen LogP contribution < -0.4 is 5.32 Å². The molecule has 0 bridgehead atoms. The molecule has 1 atom stereocenters. The van der Waals surface area contributed by atoms with Crippen molar-refractivity contribution >= 4 is 0 Å². The highest BCUT2D eigenvalue weighted by Gasteiger charge is 2.03. The third-order valence-corrected chi connectivity index (χ3v) is 2.69. The molecule has 0 aliphatic heterocycles. The largest absolute Gasteiger partial charge is 0.468 e. The van der Waals surface area contributed by atoms with Crippen molar-refractivity contribution in [2.75, 3.05) is 6.54 Å². The van der Waals surface area contributed by atoms with Crippen molar-refractivity contribution in [2.45, 2.75) is 26.2 Å². The van der Waals surface area contributed by atoms with Crippen molar-refractivity contribution in [2.24, 2.45) is 0 Å². The van der Waals surface area contributed by atoms with Crippen molar-refractivity contribution in [3.63, 3.8) is 0 Å². The predicted molar refractivity (Wildman–Crippen MR) is 71.1 cm³/mol. The summed E-state index contributed by atoms with van der Waals surface area (Å²) in [4.78, 5) is 0. The van der Waals surface area contributed by atoms with Crippen LogP contribution in [0.5, 0.6) is 0 Å². The van der Waals surface area contributed by atoms with Gasteiger partial charge in [0.2, 0.25) is 0 Å². The number of hydrogen-bond donors (Lipinski definition) is 1. The van der Waals surface area contributed by atoms with Gasteiger partial charge in [-0.25, -0.2) is 0 Å². The molecule has 2 rings (SSSR count). The van der Waals surface area contributed by atoms with Crippen LogP contribution >= 0.6 is 0 Å². The normalized spacial score (nSPS) is 12.5. The van der Waals surface area contributed by atoms with Crippen molar-refractivity contribution in [1.82, 2.24) is 5.32 Å². The Morgan fingerprint density at radius 1 is 1.17 bits per heavy atom. The molecule has 0 fully saturated rings. The van der Waals surface area contributed by atoms with Crippen molar-refractivity contribution in [1.29, 1.82) is 0 Å². The molecule has 2 aromatic rings. The van der Waals surface area contributed by atoms with Crippen LogP contribution in [0.1, 0.15) is 18.2 Å². The van der Waals surface area contributed by atoms with E-state index in [-0.39, 0.29) is 6.10 Å². The van der Waals surface area contributed by atoms with E-state index in [9.17, 15) is 0 Å². The van der Waals surface area contributed by atoms with Crippen LogP contribution in [0.3, 0.4) is 0 Å². The summed E-state index contributed by atoms with van der Waals surface area (Å²) in [5, 5.41) is 3.31. The van der Waals surface area contributed by atoms with E-state index >= 15 is 0 Å². The van der Waals surface area contributed by atoms with Crippen LogP contribution in [0.4, 0.5) is 0 Å². The molecule has 0 aliphatic rings. The van der Waals surface area contributed by atoms with Crippen molar-refractivity contribution in [3.05, 3.63) is 60.1 Å². The lowest BCUT2D eigenvalue weighted by atomic mass is 10.2. The van der Waals surface area contributed by atoms with E-state index in [2.05, 4.69) is 24.4 Å². The Hall–Kier alpha value is -1.58. The summed E-state index contributed by atoms with van der Waals surface area (Å²) < 4.78 is 11.0. The van der Waals surface area contributed by atoms with Crippen LogP contribution in [0, 0.1) is 0 Å². The smallest absolute Gasteiger partial charge is 0.117 e. The van der Waals surface area contributed by atoms with Crippen LogP contribution in [0.2, 0.25) is 0 Å². The summed E-state index contributed by atoms with van der Waals surface area (Å²) in [6.45, 7) is 4.28. The van der Waals surface area contributed by atoms with Gasteiger partial charge in [-0.2, -0.15) is 0 Å². The fourth-order valence-electron chi connectivity index (χ4n) is 1.68. The summed E-state index contributed by atoms with van der Waals surface area (Å²) >= 11 is 0. The van der Waals surface area contributed by atoms with Gasteiger partial charge in [-0.1, -0.05) is 30.3 Å². The summed E-state index contributed by atoms with van der Waals surface area (Å²) in [6, 6.07) is 14.1. The number of hydrogen-bond acceptors (Lipinski definition) is 3. The van der Waals surface area contributed by atoms with E-state index in [4.69, 9.17) is 9.15 Å². The van der Waals surface area contributed by atoms with Gasteiger partial charge in [-0.05, 0) is 24.6 Å². The Labute approximate surface area is 108 Å². The number of nitrogens with one attached hydrogen (secondary N) is 1. The lowest BCUT2D eigenvalue weighted by molar-refractivity contribution is 0.0527. The molecular weight excluding hydrogens is 226 g/mol. The Morgan fingerprint density at radius 2 is 2.00 bits per heavy atom. The first-order valence-corrected chi connectivity index (χ1v) is 6.23. The van der Waals surface area contributed by atoms with E-state index in [1.54, 1.807) is 6.26 Å². The minimum absolute atomic E-state index is 0.181. The number of furan rings is 1. The number of benzene rings is 1. The first-order chi connectivity index (χ1) is 8.84. The van der Waals surface area contributed by atoms with Gasteiger partial charge in [0.25, 0.3) is 0 Å². The molecule has 0 spiro atoms. The van der Waals surface area contributed by atoms with Gasteiger partial charge >= 0.3 is 0 Å². The van der Waals surface area contributed by atoms with Crippen LogP contribution in [-0.4, -0.2) is 12.6 Å². The van der Waals surface area contributed by atoms with Gasteiger partial charge < -0.3 is 14.5 Å². The molecule has 3 nitrogen and oxygen atoms in total. The second kappa shape index (κ2) is 6.99. The van der Waals surface area contributed by atoms with E-state index in [0.717, 1.165) is 18.8 Å². The SMILES string of the molecule is CC(CNCc1ccco1)OCc1ccccc1. The zero-order chi connectivity index (χ0) is 12.6. The minimum Gasteiger partial charge on any atom is -0.468 e. The van der Waals surface area contributed by atoms with Gasteiger partial charge in [0.05, 0.1) is 25.5 Å². The lowest BCUT2D eigenvalue weighted by Crippen LogP contribution is -2.26. The second-order valence-corrected chi connectivity index (χ2v) is 4.32. The predicted octanol–water partition coefficient (Wildman–Crippen LogP) is 2.97. The highest BCUT2D eigenvalue weighted by atomic mass is 16.5. The molecule has 3 heteroatoms. The molecule has 0 saturated carbocycles. The Bertz CT molecular complexity index is 425. The van der Waals surface area contributed by atoms with Crippen molar-refractivity contribution in [3.8, 4) is 0 Å². The third-order valence-electron chi connectivity index (χ3n) is 2.69. The quantitative estimate of drug-likeness (QED) is 0.814. The second-order valence-electron chi connectivity index (χ2n) is 4.32. The average Bonchev–Trinajstić information content (AvgIpc) is 2.91. The third kappa shape index (κ3) is 4.35. The molecule has 1 unspecified atom stereocenters. The van der Waals surface area contributed by atoms with E-state index in [1.165, 1.54) is 5.56 Å². The summed E-state index contributed by atoms with van der Waals surface area (Å²) in [5.74, 6) is 0.949. The minimum atomic E-state index is 0.181. The Balaban J connectivity index is 1.62. The zero-order valence-electron chi connectivity index (χ0n) is 10.6. The van der Waals surface area contributed by atoms with Gasteiger partial charge in [0, 0.05) is 6.54 Å². The highest BCUT2D eigenvalue weighted by molar-refractivity contribution is 5.13. The van der Waals surface area contributed by atoms with Crippen LogP contribution in [0.25, 0.3) is 0 Å². The summed E-state index contributed by atoms with van der Waals surface area (Å²) in [6.07, 6.45) is 1.87. The fourth-order valence-corrected chi connectivity index (χ4v) is 1.68. The van der Waals surface area contributed by atoms with Crippen LogP contribution in [-0.2, 0) is 17.9 Å². The molecule has 0 aliphatic carbocycles. The monoisotopic (exact) mass is 245 g/mol. The molecular formula is C15H19NO2. The van der Waals surface area contributed by atoms with Gasteiger partial charge in [-0.3, -0.25) is 0 Å². The molecule has 0 amide bonds. The molecule has 1 heterocycles. The number of ether oxygens (including phenoxy) is 1. The highest BCUT2D eigenvalue weighted by Crippen LogP contribution is 2.03. The summed E-state index contributed by atoms with van der Waals surface area (Å²) in [5.41, 5.74) is 1.20. The molecule has 1 aromatic carbocycles. The maximum atomic E-state index is 5.75. The molecule has 1 N–H and O–H groups in total. The Morgan fingerprint density at radius 3 is 2.72 bits per heavy atom. The molecule has 1 aromatic heterocycles. The first kappa shape index (κ1) is 12.9. The van der Waals surface area contributed by atoms with Crippen LogP contribution in [0.15, 0.2) is 53.1 Å². The standard InChI is InChI=1S/C15H19NO2/c1-13(10-16-11-15-8-5-9-17-15)18-12-14-6-3-2-4-7-14/h2-9,13,16H,10-12H2,1H3. The van der Waals surface area contributed by atoms with Gasteiger partial charge in [-0.15, -0.1) is 0 Å². The summed E-state index contributed by atoms with van der Waals surface area (Å²) in [7, 11) is 0. The van der Waals surface area contributed by atoms with Gasteiger partial charge in [0.15, 0.2) is 0 Å². The fraction of sp³-hybridized carbons (Fsp3) is 0.333.